The Morgan fingerprint density at radius 3 is 2.88 bits per heavy atom. The van der Waals surface area contributed by atoms with Gasteiger partial charge in [-0.3, -0.25) is 4.90 Å². The van der Waals surface area contributed by atoms with Crippen molar-refractivity contribution in [2.45, 2.75) is 31.7 Å². The van der Waals surface area contributed by atoms with Gasteiger partial charge in [0.1, 0.15) is 5.75 Å². The van der Waals surface area contributed by atoms with Crippen molar-refractivity contribution in [3.63, 3.8) is 0 Å². The average molecular weight is 344 g/mol. The quantitative estimate of drug-likeness (QED) is 0.791. The molecule has 0 saturated carbocycles. The number of hydrogen-bond donors (Lipinski definition) is 0. The van der Waals surface area contributed by atoms with Crippen LogP contribution in [0.1, 0.15) is 31.2 Å². The van der Waals surface area contributed by atoms with E-state index in [9.17, 15) is 0 Å². The molecule has 0 amide bonds. The summed E-state index contributed by atoms with van der Waals surface area (Å²) in [6, 6.07) is 8.98. The Kier molecular flexibility index (Phi) is 7.34. The first-order chi connectivity index (χ1) is 12.3. The molecule has 2 heterocycles. The molecule has 0 atom stereocenters. The van der Waals surface area contributed by atoms with Crippen LogP contribution in [0.2, 0.25) is 0 Å². The normalized spacial score (nSPS) is 21.5. The molecule has 2 aliphatic rings. The van der Waals surface area contributed by atoms with Gasteiger partial charge in [0.05, 0.1) is 7.11 Å². The highest BCUT2D eigenvalue weighted by Crippen LogP contribution is 2.17. The summed E-state index contributed by atoms with van der Waals surface area (Å²) in [6.07, 6.45) is 9.31. The van der Waals surface area contributed by atoms with E-state index in [1.54, 1.807) is 7.11 Å². The van der Waals surface area contributed by atoms with E-state index >= 15 is 0 Å². The van der Waals surface area contributed by atoms with Crippen LogP contribution in [0.5, 0.6) is 5.75 Å². The summed E-state index contributed by atoms with van der Waals surface area (Å²) in [5, 5.41) is 0. The van der Waals surface area contributed by atoms with Gasteiger partial charge in [0.2, 0.25) is 0 Å². The van der Waals surface area contributed by atoms with Crippen molar-refractivity contribution in [2.24, 2.45) is 0 Å². The van der Waals surface area contributed by atoms with Crippen molar-refractivity contribution in [3.8, 4) is 5.75 Å². The molecule has 0 radical (unpaired) electrons. The molecule has 1 aromatic carbocycles. The van der Waals surface area contributed by atoms with Crippen molar-refractivity contribution in [3.05, 3.63) is 35.9 Å². The molecule has 4 heteroatoms. The van der Waals surface area contributed by atoms with Gasteiger partial charge in [-0.2, -0.15) is 0 Å². The van der Waals surface area contributed by atoms with E-state index in [-0.39, 0.29) is 0 Å². The van der Waals surface area contributed by atoms with Gasteiger partial charge < -0.3 is 14.4 Å². The smallest absolute Gasteiger partial charge is 0.119 e. The zero-order chi connectivity index (χ0) is 17.3. The van der Waals surface area contributed by atoms with Crippen molar-refractivity contribution in [1.29, 1.82) is 0 Å². The Morgan fingerprint density at radius 2 is 2.04 bits per heavy atom. The summed E-state index contributed by atoms with van der Waals surface area (Å²) >= 11 is 0. The van der Waals surface area contributed by atoms with Crippen LogP contribution in [0.25, 0.3) is 6.08 Å². The van der Waals surface area contributed by atoms with E-state index in [0.29, 0.717) is 0 Å². The first kappa shape index (κ1) is 18.4. The third-order valence-electron chi connectivity index (χ3n) is 5.35. The zero-order valence-corrected chi connectivity index (χ0v) is 15.5. The molecule has 0 unspecified atom stereocenters. The molecular weight excluding hydrogens is 312 g/mol. The largest absolute Gasteiger partial charge is 0.497 e. The predicted molar refractivity (Wildman–Crippen MR) is 103 cm³/mol. The molecule has 0 bridgehead atoms. The number of ether oxygens (including phenoxy) is 2. The van der Waals surface area contributed by atoms with Gasteiger partial charge in [0.15, 0.2) is 0 Å². The van der Waals surface area contributed by atoms with Crippen molar-refractivity contribution in [2.75, 3.05) is 53.0 Å². The van der Waals surface area contributed by atoms with Gasteiger partial charge in [-0.1, -0.05) is 24.3 Å². The van der Waals surface area contributed by atoms with Gasteiger partial charge in [0, 0.05) is 38.9 Å². The fourth-order valence-electron chi connectivity index (χ4n) is 3.85. The topological polar surface area (TPSA) is 24.9 Å². The number of benzene rings is 1. The first-order valence-electron chi connectivity index (χ1n) is 9.70. The lowest BCUT2D eigenvalue weighted by Crippen LogP contribution is -2.41. The third kappa shape index (κ3) is 5.84. The molecule has 2 fully saturated rings. The van der Waals surface area contributed by atoms with Gasteiger partial charge >= 0.3 is 0 Å². The zero-order valence-electron chi connectivity index (χ0n) is 15.5. The molecule has 1 aromatic rings. The predicted octanol–water partition coefficient (Wildman–Crippen LogP) is 3.29. The maximum atomic E-state index is 5.51. The summed E-state index contributed by atoms with van der Waals surface area (Å²) in [7, 11) is 1.71. The number of nitrogens with zero attached hydrogens (tertiary/aromatic N) is 2. The van der Waals surface area contributed by atoms with Crippen LogP contribution >= 0.6 is 0 Å². The summed E-state index contributed by atoms with van der Waals surface area (Å²) in [6.45, 7) is 7.93. The highest BCUT2D eigenvalue weighted by atomic mass is 16.5. The van der Waals surface area contributed by atoms with Crippen LogP contribution < -0.4 is 4.74 Å². The second-order valence-corrected chi connectivity index (χ2v) is 7.04. The van der Waals surface area contributed by atoms with E-state index in [2.05, 4.69) is 34.1 Å². The van der Waals surface area contributed by atoms with Gasteiger partial charge in [0.25, 0.3) is 0 Å². The first-order valence-corrected chi connectivity index (χ1v) is 9.70. The lowest BCUT2D eigenvalue weighted by Gasteiger charge is -2.33. The van der Waals surface area contributed by atoms with Crippen LogP contribution in [0, 0.1) is 0 Å². The Bertz CT molecular complexity index is 540. The van der Waals surface area contributed by atoms with Gasteiger partial charge in [-0.25, -0.2) is 0 Å². The average Bonchev–Trinajstić information content (AvgIpc) is 2.92. The summed E-state index contributed by atoms with van der Waals surface area (Å²) in [4.78, 5) is 5.32. The van der Waals surface area contributed by atoms with E-state index in [0.717, 1.165) is 38.0 Å². The van der Waals surface area contributed by atoms with E-state index < -0.39 is 0 Å². The number of methoxy groups -OCH3 is 1. The second kappa shape index (κ2) is 9.95. The molecule has 2 aliphatic heterocycles. The molecule has 25 heavy (non-hydrogen) atoms. The molecule has 4 nitrogen and oxygen atoms in total. The van der Waals surface area contributed by atoms with Crippen molar-refractivity contribution < 1.29 is 9.47 Å². The van der Waals surface area contributed by atoms with Gasteiger partial charge in [-0.05, 0) is 56.5 Å². The Morgan fingerprint density at radius 1 is 1.16 bits per heavy atom. The summed E-state index contributed by atoms with van der Waals surface area (Å²) in [5.41, 5.74) is 1.21. The van der Waals surface area contributed by atoms with Crippen LogP contribution in [0.4, 0.5) is 0 Å². The van der Waals surface area contributed by atoms with Crippen LogP contribution in [0.3, 0.4) is 0 Å². The standard InChI is InChI=1S/C21H32N2O2/c1-24-21-8-4-7-19(18-21)6-2-3-11-22-12-5-13-23(15-14-22)20-9-16-25-17-10-20/h2,4,6-8,18,20H,3,5,9-17H2,1H3. The highest BCUT2D eigenvalue weighted by molar-refractivity contribution is 5.51. The minimum absolute atomic E-state index is 0.752. The van der Waals surface area contributed by atoms with Crippen molar-refractivity contribution in [1.82, 2.24) is 9.80 Å². The fraction of sp³-hybridized carbons (Fsp3) is 0.619. The molecule has 0 spiro atoms. The fourth-order valence-corrected chi connectivity index (χ4v) is 3.85. The van der Waals surface area contributed by atoms with Crippen molar-refractivity contribution >= 4 is 6.08 Å². The summed E-state index contributed by atoms with van der Waals surface area (Å²) < 4.78 is 10.8. The third-order valence-corrected chi connectivity index (χ3v) is 5.35. The van der Waals surface area contributed by atoms with Crippen LogP contribution in [0.15, 0.2) is 30.3 Å². The number of hydrogen-bond acceptors (Lipinski definition) is 4. The Hall–Kier alpha value is -1.36. The minimum atomic E-state index is 0.752. The highest BCUT2D eigenvalue weighted by Gasteiger charge is 2.23. The van der Waals surface area contributed by atoms with Crippen LogP contribution in [-0.2, 0) is 4.74 Å². The van der Waals surface area contributed by atoms with Crippen LogP contribution in [-0.4, -0.2) is 68.9 Å². The lowest BCUT2D eigenvalue weighted by molar-refractivity contribution is 0.0354. The minimum Gasteiger partial charge on any atom is -0.497 e. The molecule has 2 saturated heterocycles. The molecule has 0 aliphatic carbocycles. The second-order valence-electron chi connectivity index (χ2n) is 7.04. The Labute approximate surface area is 152 Å². The molecule has 0 aromatic heterocycles. The molecule has 0 N–H and O–H groups in total. The maximum Gasteiger partial charge on any atom is 0.119 e. The van der Waals surface area contributed by atoms with E-state index in [4.69, 9.17) is 9.47 Å². The molecule has 3 rings (SSSR count). The maximum absolute atomic E-state index is 5.51. The van der Waals surface area contributed by atoms with E-state index in [1.165, 1.54) is 51.0 Å². The molecular formula is C21H32N2O2. The number of rotatable bonds is 6. The lowest BCUT2D eigenvalue weighted by atomic mass is 10.1. The SMILES string of the molecule is COc1cccc(C=CCCN2CCCN(C3CCOCC3)CC2)c1. The van der Waals surface area contributed by atoms with Gasteiger partial charge in [-0.15, -0.1) is 0 Å². The monoisotopic (exact) mass is 344 g/mol. The Balaban J connectivity index is 1.40. The van der Waals surface area contributed by atoms with E-state index in [1.807, 2.05) is 12.1 Å². The molecule has 138 valence electrons. The summed E-state index contributed by atoms with van der Waals surface area (Å²) in [5.74, 6) is 0.919.